The van der Waals surface area contributed by atoms with Gasteiger partial charge in [-0.3, -0.25) is 0 Å². The van der Waals surface area contributed by atoms with Crippen LogP contribution in [0.25, 0.3) is 0 Å². The maximum absolute atomic E-state index is 6.86. The molecule has 0 radical (unpaired) electrons. The van der Waals surface area contributed by atoms with E-state index in [0.29, 0.717) is 43.6 Å². The topological polar surface area (TPSA) is 36.9 Å². The lowest BCUT2D eigenvalue weighted by atomic mass is 9.93. The molecule has 226 valence electrons. The Hall–Kier alpha value is -3.41. The number of rotatable bonds is 13. The third-order valence-corrected chi connectivity index (χ3v) is 7.64. The van der Waals surface area contributed by atoms with Crippen molar-refractivity contribution in [3.63, 3.8) is 0 Å². The Morgan fingerprint density at radius 2 is 1.42 bits per heavy atom. The zero-order valence-corrected chi connectivity index (χ0v) is 26.0. The molecule has 4 aromatic carbocycles. The average Bonchev–Trinajstić information content (AvgIpc) is 3.06. The summed E-state index contributed by atoms with van der Waals surface area (Å²) >= 11 is 6.86. The lowest BCUT2D eigenvalue weighted by molar-refractivity contribution is -0.142. The van der Waals surface area contributed by atoms with E-state index < -0.39 is 0 Å². The van der Waals surface area contributed by atoms with Crippen molar-refractivity contribution in [1.29, 1.82) is 0 Å². The van der Waals surface area contributed by atoms with E-state index in [4.69, 9.17) is 30.5 Å². The van der Waals surface area contributed by atoms with E-state index in [1.165, 1.54) is 5.56 Å². The molecule has 0 aliphatic carbocycles. The Kier molecular flexibility index (Phi) is 13.3. The van der Waals surface area contributed by atoms with Gasteiger partial charge in [-0.05, 0) is 40.3 Å². The molecule has 0 amide bonds. The van der Waals surface area contributed by atoms with Crippen LogP contribution >= 0.6 is 11.6 Å². The summed E-state index contributed by atoms with van der Waals surface area (Å²) in [7, 11) is 0. The second-order valence-electron chi connectivity index (χ2n) is 10.4. The summed E-state index contributed by atoms with van der Waals surface area (Å²) in [6.45, 7) is 9.76. The Balaban J connectivity index is 0.00000207. The first kappa shape index (κ1) is 32.5. The van der Waals surface area contributed by atoms with E-state index in [9.17, 15) is 0 Å². The van der Waals surface area contributed by atoms with Gasteiger partial charge in [-0.2, -0.15) is 0 Å². The molecule has 1 aliphatic rings. The Morgan fingerprint density at radius 1 is 0.814 bits per heavy atom. The minimum atomic E-state index is -0.187. The van der Waals surface area contributed by atoms with E-state index >= 15 is 0 Å². The maximum atomic E-state index is 6.86. The normalized spacial score (nSPS) is 17.9. The molecule has 0 aromatic heterocycles. The minimum Gasteiger partial charge on any atom is -0.488 e. The van der Waals surface area contributed by atoms with Crippen LogP contribution in [0.15, 0.2) is 116 Å². The van der Waals surface area contributed by atoms with Crippen molar-refractivity contribution in [2.24, 2.45) is 0 Å². The third-order valence-electron chi connectivity index (χ3n) is 7.21. The summed E-state index contributed by atoms with van der Waals surface area (Å²) in [6.07, 6.45) is 3.65. The van der Waals surface area contributed by atoms with Gasteiger partial charge in [-0.1, -0.05) is 135 Å². The van der Waals surface area contributed by atoms with E-state index in [2.05, 4.69) is 49.0 Å². The van der Waals surface area contributed by atoms with Crippen molar-refractivity contribution in [3.05, 3.63) is 149 Å². The standard InChI is InChI=1S/C36H37ClO4.C2H6/c1-2-18-39-35-21-30(20-31(36(35)37)19-27-12-6-3-7-13-27)34-23-32(40-25-29-16-10-5-11-17-29)22-33(41-34)26-38-24-28-14-8-4-9-15-28;1-2/h2-17,20-21,32-34H,1,18-19,22-26H2;1-2H3. The van der Waals surface area contributed by atoms with Crippen molar-refractivity contribution < 1.29 is 18.9 Å². The van der Waals surface area contributed by atoms with Gasteiger partial charge < -0.3 is 18.9 Å². The summed E-state index contributed by atoms with van der Waals surface area (Å²) in [4.78, 5) is 0. The van der Waals surface area contributed by atoms with Crippen molar-refractivity contribution in [2.75, 3.05) is 13.2 Å². The van der Waals surface area contributed by atoms with Crippen molar-refractivity contribution >= 4 is 11.6 Å². The maximum Gasteiger partial charge on any atom is 0.139 e. The predicted octanol–water partition coefficient (Wildman–Crippen LogP) is 9.54. The highest BCUT2D eigenvalue weighted by molar-refractivity contribution is 6.32. The van der Waals surface area contributed by atoms with Gasteiger partial charge >= 0.3 is 0 Å². The van der Waals surface area contributed by atoms with Gasteiger partial charge in [0.25, 0.3) is 0 Å². The molecule has 43 heavy (non-hydrogen) atoms. The van der Waals surface area contributed by atoms with Crippen LogP contribution in [-0.2, 0) is 33.8 Å². The molecule has 5 heteroatoms. The molecular weight excluding hydrogens is 556 g/mol. The van der Waals surface area contributed by atoms with Crippen LogP contribution < -0.4 is 4.74 Å². The minimum absolute atomic E-state index is 0.0186. The fourth-order valence-corrected chi connectivity index (χ4v) is 5.39. The largest absolute Gasteiger partial charge is 0.488 e. The average molecular weight is 599 g/mol. The van der Waals surface area contributed by atoms with Gasteiger partial charge in [0.15, 0.2) is 0 Å². The van der Waals surface area contributed by atoms with Crippen molar-refractivity contribution in [2.45, 2.75) is 64.6 Å². The smallest absolute Gasteiger partial charge is 0.139 e. The SMILES string of the molecule is C=CCOc1cc(C2CC(OCc3ccccc3)CC(COCc3ccccc3)O2)cc(Cc2ccccc2)c1Cl.CC. The highest BCUT2D eigenvalue weighted by Gasteiger charge is 2.32. The van der Waals surface area contributed by atoms with Crippen molar-refractivity contribution in [3.8, 4) is 5.75 Å². The molecule has 1 saturated heterocycles. The van der Waals surface area contributed by atoms with Gasteiger partial charge in [0, 0.05) is 12.8 Å². The molecule has 1 fully saturated rings. The van der Waals surface area contributed by atoms with Gasteiger partial charge in [0.2, 0.25) is 0 Å². The highest BCUT2D eigenvalue weighted by atomic mass is 35.5. The zero-order chi connectivity index (χ0) is 30.3. The summed E-state index contributed by atoms with van der Waals surface area (Å²) in [5.41, 5.74) is 5.51. The number of benzene rings is 4. The fraction of sp³-hybridized carbons (Fsp3) is 0.316. The molecule has 0 bridgehead atoms. The molecule has 0 spiro atoms. The van der Waals surface area contributed by atoms with Crippen LogP contribution in [0.4, 0.5) is 0 Å². The van der Waals surface area contributed by atoms with Crippen LogP contribution in [0.5, 0.6) is 5.75 Å². The molecule has 5 rings (SSSR count). The molecule has 0 N–H and O–H groups in total. The second kappa shape index (κ2) is 17.6. The van der Waals surface area contributed by atoms with E-state index in [1.807, 2.05) is 74.5 Å². The number of ether oxygens (including phenoxy) is 4. The third kappa shape index (κ3) is 10.1. The molecule has 4 nitrogen and oxygen atoms in total. The first-order chi connectivity index (χ1) is 21.2. The van der Waals surface area contributed by atoms with Crippen LogP contribution in [0, 0.1) is 0 Å². The van der Waals surface area contributed by atoms with Crippen LogP contribution in [0.2, 0.25) is 5.02 Å². The molecule has 1 heterocycles. The van der Waals surface area contributed by atoms with E-state index in [-0.39, 0.29) is 18.3 Å². The Labute approximate surface area is 262 Å². The first-order valence-electron chi connectivity index (χ1n) is 15.2. The van der Waals surface area contributed by atoms with Crippen LogP contribution in [0.1, 0.15) is 60.6 Å². The molecular formula is C38H43ClO4. The fourth-order valence-electron chi connectivity index (χ4n) is 5.16. The molecule has 1 aliphatic heterocycles. The van der Waals surface area contributed by atoms with E-state index in [1.54, 1.807) is 6.08 Å². The van der Waals surface area contributed by atoms with Crippen LogP contribution in [-0.4, -0.2) is 25.4 Å². The van der Waals surface area contributed by atoms with Gasteiger partial charge in [-0.15, -0.1) is 0 Å². The lowest BCUT2D eigenvalue weighted by Crippen LogP contribution is -2.35. The molecule has 4 aromatic rings. The Morgan fingerprint density at radius 3 is 2.05 bits per heavy atom. The molecule has 0 saturated carbocycles. The molecule has 3 unspecified atom stereocenters. The summed E-state index contributed by atoms with van der Waals surface area (Å²) in [5.74, 6) is 0.641. The predicted molar refractivity (Wildman–Crippen MR) is 176 cm³/mol. The summed E-state index contributed by atoms with van der Waals surface area (Å²) in [6, 6.07) is 35.0. The number of hydrogen-bond donors (Lipinski definition) is 0. The summed E-state index contributed by atoms with van der Waals surface area (Å²) in [5, 5.41) is 0.620. The Bertz CT molecular complexity index is 1360. The second-order valence-corrected chi connectivity index (χ2v) is 10.8. The monoisotopic (exact) mass is 598 g/mol. The lowest BCUT2D eigenvalue weighted by Gasteiger charge is -2.36. The quantitative estimate of drug-likeness (QED) is 0.144. The number of hydrogen-bond acceptors (Lipinski definition) is 4. The number of halogens is 1. The molecule has 3 atom stereocenters. The van der Waals surface area contributed by atoms with Crippen LogP contribution in [0.3, 0.4) is 0 Å². The van der Waals surface area contributed by atoms with Crippen molar-refractivity contribution in [1.82, 2.24) is 0 Å². The zero-order valence-electron chi connectivity index (χ0n) is 25.3. The summed E-state index contributed by atoms with van der Waals surface area (Å²) < 4.78 is 25.3. The first-order valence-corrected chi connectivity index (χ1v) is 15.6. The van der Waals surface area contributed by atoms with Gasteiger partial charge in [-0.25, -0.2) is 0 Å². The van der Waals surface area contributed by atoms with Gasteiger partial charge in [0.05, 0.1) is 43.2 Å². The highest BCUT2D eigenvalue weighted by Crippen LogP contribution is 2.39. The van der Waals surface area contributed by atoms with Gasteiger partial charge in [0.1, 0.15) is 12.4 Å². The van der Waals surface area contributed by atoms with E-state index in [0.717, 1.165) is 35.1 Å².